The van der Waals surface area contributed by atoms with Crippen molar-refractivity contribution in [3.05, 3.63) is 118 Å². The number of anilines is 1. The number of ketones is 1. The van der Waals surface area contributed by atoms with Crippen molar-refractivity contribution in [1.82, 2.24) is 9.55 Å². The molecule has 0 bridgehead atoms. The van der Waals surface area contributed by atoms with Gasteiger partial charge in [-0.2, -0.15) is 0 Å². The lowest BCUT2D eigenvalue weighted by Crippen LogP contribution is -2.14. The van der Waals surface area contributed by atoms with E-state index in [-0.39, 0.29) is 17.1 Å². The number of fused-ring (bicyclic) bond motifs is 1. The van der Waals surface area contributed by atoms with Crippen LogP contribution in [0, 0.1) is 0 Å². The van der Waals surface area contributed by atoms with Crippen LogP contribution in [-0.2, 0) is 5.75 Å². The number of aromatic nitrogens is 2. The number of nitrogens with one attached hydrogen (secondary N) is 1. The lowest BCUT2D eigenvalue weighted by atomic mass is 10.0. The normalized spacial score (nSPS) is 14.7. The Hall–Kier alpha value is -3.35. The van der Waals surface area contributed by atoms with Crippen molar-refractivity contribution in [2.24, 2.45) is 0 Å². The van der Waals surface area contributed by atoms with Gasteiger partial charge in [-0.3, -0.25) is 14.6 Å². The van der Waals surface area contributed by atoms with E-state index >= 15 is 0 Å². The number of pyridine rings is 1. The van der Waals surface area contributed by atoms with E-state index in [1.54, 1.807) is 66.5 Å². The number of hydrogen-bond acceptors (Lipinski definition) is 4. The summed E-state index contributed by atoms with van der Waals surface area (Å²) in [4.78, 5) is 30.0. The van der Waals surface area contributed by atoms with E-state index in [1.165, 1.54) is 0 Å². The molecule has 2 aromatic carbocycles. The molecule has 0 saturated heterocycles. The van der Waals surface area contributed by atoms with E-state index in [0.717, 1.165) is 17.0 Å². The van der Waals surface area contributed by atoms with Gasteiger partial charge in [0.15, 0.2) is 5.78 Å². The second-order valence-corrected chi connectivity index (χ2v) is 8.91. The molecule has 4 aromatic rings. The van der Waals surface area contributed by atoms with Crippen LogP contribution < -0.4 is 5.32 Å². The van der Waals surface area contributed by atoms with E-state index in [4.69, 9.17) is 11.6 Å². The summed E-state index contributed by atoms with van der Waals surface area (Å²) in [6.07, 6.45) is 5.56. The Balaban J connectivity index is 1.35. The van der Waals surface area contributed by atoms with Crippen molar-refractivity contribution in [2.45, 2.75) is 11.1 Å². The summed E-state index contributed by atoms with van der Waals surface area (Å²) in [5, 5.41) is 3.62. The first-order valence-electron chi connectivity index (χ1n) is 10.0. The number of amides is 1. The molecule has 5 nitrogen and oxygen atoms in total. The maximum Gasteiger partial charge on any atom is 0.257 e. The molecule has 0 aliphatic carbocycles. The molecule has 1 amide bonds. The minimum absolute atomic E-state index is 0.112. The average molecular weight is 460 g/mol. The molecule has 2 aromatic heterocycles. The van der Waals surface area contributed by atoms with Crippen LogP contribution in [0.2, 0.25) is 5.02 Å². The van der Waals surface area contributed by atoms with Gasteiger partial charge in [-0.05, 0) is 48.5 Å². The van der Waals surface area contributed by atoms with Gasteiger partial charge in [0.05, 0.1) is 5.56 Å². The monoisotopic (exact) mass is 459 g/mol. The Bertz CT molecular complexity index is 1300. The molecule has 7 heteroatoms. The number of carbonyl (C=O) groups is 2. The van der Waals surface area contributed by atoms with Gasteiger partial charge >= 0.3 is 0 Å². The molecule has 158 valence electrons. The number of halogens is 1. The van der Waals surface area contributed by atoms with E-state index in [1.807, 2.05) is 30.6 Å². The molecule has 1 unspecified atom stereocenters. The Kier molecular flexibility index (Phi) is 5.55. The highest BCUT2D eigenvalue weighted by Crippen LogP contribution is 2.41. The van der Waals surface area contributed by atoms with Crippen molar-refractivity contribution in [3.63, 3.8) is 0 Å². The Labute approximate surface area is 194 Å². The first-order chi connectivity index (χ1) is 15.6. The number of hydrogen-bond donors (Lipinski definition) is 1. The van der Waals surface area contributed by atoms with E-state index in [9.17, 15) is 9.59 Å². The minimum atomic E-state index is -0.192. The predicted octanol–water partition coefficient (Wildman–Crippen LogP) is 5.81. The van der Waals surface area contributed by atoms with Crippen molar-refractivity contribution in [1.29, 1.82) is 0 Å². The molecule has 1 N–H and O–H groups in total. The third-order valence-corrected chi connectivity index (χ3v) is 6.87. The Morgan fingerprint density at radius 3 is 2.66 bits per heavy atom. The van der Waals surface area contributed by atoms with Crippen LogP contribution in [0.15, 0.2) is 85.3 Å². The highest BCUT2D eigenvalue weighted by Gasteiger charge is 2.28. The molecular weight excluding hydrogens is 442 g/mol. The standard InChI is InChI=1S/C25H18ClN3O2S/c26-19-8-6-16(7-9-19)23(30)17-3-1-5-20(13-17)28-24(31)21-10-12-29-22(21)15-32-25(29)18-4-2-11-27-14-18/h1-14,25H,15H2,(H,28,31). The van der Waals surface area contributed by atoms with Crippen molar-refractivity contribution >= 4 is 40.7 Å². The van der Waals surface area contributed by atoms with Crippen LogP contribution >= 0.6 is 23.4 Å². The topological polar surface area (TPSA) is 64.0 Å². The zero-order chi connectivity index (χ0) is 22.1. The number of rotatable bonds is 5. The van der Waals surface area contributed by atoms with Crippen molar-refractivity contribution in [3.8, 4) is 0 Å². The molecule has 5 rings (SSSR count). The molecule has 32 heavy (non-hydrogen) atoms. The Morgan fingerprint density at radius 2 is 1.88 bits per heavy atom. The smallest absolute Gasteiger partial charge is 0.257 e. The van der Waals surface area contributed by atoms with Crippen LogP contribution in [-0.4, -0.2) is 21.2 Å². The van der Waals surface area contributed by atoms with Crippen LogP contribution in [0.4, 0.5) is 5.69 Å². The number of benzene rings is 2. The van der Waals surface area contributed by atoms with Gasteiger partial charge in [-0.1, -0.05) is 29.8 Å². The second-order valence-electron chi connectivity index (χ2n) is 7.40. The number of thioether (sulfide) groups is 1. The summed E-state index contributed by atoms with van der Waals surface area (Å²) in [7, 11) is 0. The minimum Gasteiger partial charge on any atom is -0.333 e. The van der Waals surface area contributed by atoms with E-state index in [2.05, 4.69) is 14.9 Å². The molecule has 0 saturated carbocycles. The van der Waals surface area contributed by atoms with Crippen LogP contribution in [0.5, 0.6) is 0 Å². The molecule has 1 atom stereocenters. The largest absolute Gasteiger partial charge is 0.333 e. The molecule has 1 aliphatic rings. The summed E-state index contributed by atoms with van der Waals surface area (Å²) < 4.78 is 2.12. The zero-order valence-corrected chi connectivity index (χ0v) is 18.4. The molecule has 3 heterocycles. The maximum atomic E-state index is 13.0. The molecule has 0 radical (unpaired) electrons. The highest BCUT2D eigenvalue weighted by molar-refractivity contribution is 7.99. The lowest BCUT2D eigenvalue weighted by molar-refractivity contribution is 0.102. The first-order valence-corrected chi connectivity index (χ1v) is 11.5. The lowest BCUT2D eigenvalue weighted by Gasteiger charge is -2.12. The van der Waals surface area contributed by atoms with Gasteiger partial charge < -0.3 is 9.88 Å². The molecule has 0 spiro atoms. The van der Waals surface area contributed by atoms with Gasteiger partial charge in [0, 0.05) is 57.4 Å². The van der Waals surface area contributed by atoms with E-state index in [0.29, 0.717) is 27.4 Å². The first kappa shape index (κ1) is 20.5. The third-order valence-electron chi connectivity index (χ3n) is 5.36. The average Bonchev–Trinajstić information content (AvgIpc) is 3.42. The Morgan fingerprint density at radius 1 is 1.03 bits per heavy atom. The summed E-state index contributed by atoms with van der Waals surface area (Å²) >= 11 is 7.68. The van der Waals surface area contributed by atoms with Gasteiger partial charge in [-0.25, -0.2) is 0 Å². The third kappa shape index (κ3) is 3.95. The molecule has 1 aliphatic heterocycles. The fourth-order valence-corrected chi connectivity index (χ4v) is 5.22. The quantitative estimate of drug-likeness (QED) is 0.382. The van der Waals surface area contributed by atoms with E-state index < -0.39 is 0 Å². The fourth-order valence-electron chi connectivity index (χ4n) is 3.78. The van der Waals surface area contributed by atoms with Crippen LogP contribution in [0.25, 0.3) is 0 Å². The maximum absolute atomic E-state index is 13.0. The number of nitrogens with zero attached hydrogens (tertiary/aromatic N) is 2. The fraction of sp³-hybridized carbons (Fsp3) is 0.0800. The summed E-state index contributed by atoms with van der Waals surface area (Å²) in [5.74, 6) is 0.422. The van der Waals surface area contributed by atoms with Crippen LogP contribution in [0.1, 0.15) is 42.9 Å². The molecule has 0 fully saturated rings. The van der Waals surface area contributed by atoms with Crippen molar-refractivity contribution < 1.29 is 9.59 Å². The van der Waals surface area contributed by atoms with Crippen molar-refractivity contribution in [2.75, 3.05) is 5.32 Å². The summed E-state index contributed by atoms with van der Waals surface area (Å²) in [6.45, 7) is 0. The predicted molar refractivity (Wildman–Crippen MR) is 127 cm³/mol. The summed E-state index contributed by atoms with van der Waals surface area (Å²) in [6, 6.07) is 19.5. The van der Waals surface area contributed by atoms with Gasteiger partial charge in [0.25, 0.3) is 5.91 Å². The van der Waals surface area contributed by atoms with Crippen LogP contribution in [0.3, 0.4) is 0 Å². The SMILES string of the molecule is O=C(c1ccc(Cl)cc1)c1cccc(NC(=O)c2ccn3c2CSC3c2cccnc2)c1. The highest BCUT2D eigenvalue weighted by atomic mass is 35.5. The van der Waals surface area contributed by atoms with Gasteiger partial charge in [0.1, 0.15) is 5.37 Å². The zero-order valence-electron chi connectivity index (χ0n) is 16.9. The second kappa shape index (κ2) is 8.65. The number of carbonyl (C=O) groups excluding carboxylic acids is 2. The summed E-state index contributed by atoms with van der Waals surface area (Å²) in [5.41, 5.74) is 4.34. The van der Waals surface area contributed by atoms with Gasteiger partial charge in [-0.15, -0.1) is 11.8 Å². The molecular formula is C25H18ClN3O2S. The van der Waals surface area contributed by atoms with Gasteiger partial charge in [0.2, 0.25) is 0 Å².